The summed E-state index contributed by atoms with van der Waals surface area (Å²) in [6, 6.07) is 7.76. The van der Waals surface area contributed by atoms with Crippen LogP contribution in [0, 0.1) is 6.92 Å². The largest absolute Gasteiger partial charge is 0.481 e. The fourth-order valence-corrected chi connectivity index (χ4v) is 2.02. The van der Waals surface area contributed by atoms with E-state index in [-0.39, 0.29) is 0 Å². The van der Waals surface area contributed by atoms with E-state index in [1.165, 1.54) is 0 Å². The lowest BCUT2D eigenvalue weighted by atomic mass is 10.1. The van der Waals surface area contributed by atoms with Crippen LogP contribution >= 0.6 is 0 Å². The molecule has 0 N–H and O–H groups in total. The number of nitrogens with zero attached hydrogens (tertiary/aromatic N) is 4. The lowest BCUT2D eigenvalue weighted by molar-refractivity contribution is 0.394. The van der Waals surface area contributed by atoms with Crippen LogP contribution in [0.15, 0.2) is 49.1 Å². The first kappa shape index (κ1) is 12.3. The molecule has 0 aliphatic heterocycles. The quantitative estimate of drug-likeness (QED) is 0.731. The highest BCUT2D eigenvalue weighted by molar-refractivity contribution is 5.62. The Bertz CT molecular complexity index is 722. The normalized spacial score (nSPS) is 10.5. The number of ether oxygens (including phenoxy) is 1. The zero-order valence-corrected chi connectivity index (χ0v) is 11.3. The summed E-state index contributed by atoms with van der Waals surface area (Å²) in [4.78, 5) is 8.55. The highest BCUT2D eigenvalue weighted by atomic mass is 16.5. The van der Waals surface area contributed by atoms with E-state index in [1.54, 1.807) is 30.4 Å². The van der Waals surface area contributed by atoms with Crippen molar-refractivity contribution in [3.63, 3.8) is 0 Å². The number of hydrogen-bond acceptors (Lipinski definition) is 4. The van der Waals surface area contributed by atoms with Gasteiger partial charge in [-0.15, -0.1) is 0 Å². The molecule has 0 bridgehead atoms. The van der Waals surface area contributed by atoms with Crippen LogP contribution in [-0.4, -0.2) is 26.9 Å². The van der Waals surface area contributed by atoms with E-state index in [2.05, 4.69) is 15.1 Å². The molecule has 0 atom stereocenters. The van der Waals surface area contributed by atoms with Crippen LogP contribution in [0.5, 0.6) is 5.88 Å². The van der Waals surface area contributed by atoms with E-state index in [1.807, 2.05) is 37.4 Å². The number of methoxy groups -OCH3 is 1. The van der Waals surface area contributed by atoms with Gasteiger partial charge in [0.1, 0.15) is 0 Å². The van der Waals surface area contributed by atoms with Crippen LogP contribution in [0.1, 0.15) is 5.56 Å². The van der Waals surface area contributed by atoms with Crippen molar-refractivity contribution >= 4 is 0 Å². The second kappa shape index (κ2) is 5.13. The van der Waals surface area contributed by atoms with Crippen molar-refractivity contribution in [2.24, 2.45) is 0 Å². The maximum Gasteiger partial charge on any atom is 0.215 e. The molecule has 20 heavy (non-hydrogen) atoms. The minimum Gasteiger partial charge on any atom is -0.481 e. The molecule has 3 aromatic heterocycles. The first-order valence-electron chi connectivity index (χ1n) is 6.25. The summed E-state index contributed by atoms with van der Waals surface area (Å²) < 4.78 is 6.91. The molecule has 0 aliphatic rings. The van der Waals surface area contributed by atoms with Gasteiger partial charge in [-0.2, -0.15) is 5.10 Å². The van der Waals surface area contributed by atoms with Gasteiger partial charge in [-0.3, -0.25) is 0 Å². The SMILES string of the molecule is COc1ncc(-c2cnn(-c3ccccn3)c2)cc1C. The molecule has 5 heteroatoms. The van der Waals surface area contributed by atoms with Crippen molar-refractivity contribution < 1.29 is 4.74 Å². The second-order valence-corrected chi connectivity index (χ2v) is 4.41. The molecular weight excluding hydrogens is 252 g/mol. The number of hydrogen-bond donors (Lipinski definition) is 0. The Balaban J connectivity index is 1.96. The van der Waals surface area contributed by atoms with Gasteiger partial charge in [-0.1, -0.05) is 6.07 Å². The topological polar surface area (TPSA) is 52.8 Å². The van der Waals surface area contributed by atoms with Gasteiger partial charge in [0.15, 0.2) is 5.82 Å². The minimum absolute atomic E-state index is 0.644. The van der Waals surface area contributed by atoms with Gasteiger partial charge in [0.2, 0.25) is 5.88 Å². The standard InChI is InChI=1S/C15H14N4O/c1-11-7-12(8-17-15(11)20-2)13-9-18-19(10-13)14-5-3-4-6-16-14/h3-10H,1-2H3. The zero-order chi connectivity index (χ0) is 13.9. The Labute approximate surface area is 116 Å². The van der Waals surface area contributed by atoms with E-state index in [0.717, 1.165) is 22.5 Å². The third-order valence-electron chi connectivity index (χ3n) is 3.02. The average molecular weight is 266 g/mol. The van der Waals surface area contributed by atoms with Gasteiger partial charge in [0.25, 0.3) is 0 Å². The molecule has 0 fully saturated rings. The molecular formula is C15H14N4O. The van der Waals surface area contributed by atoms with Crippen molar-refractivity contribution in [2.45, 2.75) is 6.92 Å². The first-order valence-corrected chi connectivity index (χ1v) is 6.25. The van der Waals surface area contributed by atoms with Gasteiger partial charge in [0.05, 0.1) is 13.3 Å². The molecule has 0 aromatic carbocycles. The van der Waals surface area contributed by atoms with E-state index < -0.39 is 0 Å². The third-order valence-corrected chi connectivity index (χ3v) is 3.02. The molecule has 100 valence electrons. The van der Waals surface area contributed by atoms with E-state index >= 15 is 0 Å². The van der Waals surface area contributed by atoms with Gasteiger partial charge >= 0.3 is 0 Å². The summed E-state index contributed by atoms with van der Waals surface area (Å²) in [5, 5.41) is 4.33. The number of aryl methyl sites for hydroxylation is 1. The predicted molar refractivity (Wildman–Crippen MR) is 75.9 cm³/mol. The minimum atomic E-state index is 0.644. The Kier molecular flexibility index (Phi) is 3.16. The molecule has 3 rings (SSSR count). The van der Waals surface area contributed by atoms with Crippen molar-refractivity contribution in [1.82, 2.24) is 19.7 Å². The van der Waals surface area contributed by atoms with Crippen LogP contribution < -0.4 is 4.74 Å². The lowest BCUT2D eigenvalue weighted by Crippen LogP contribution is -1.96. The van der Waals surface area contributed by atoms with E-state index in [4.69, 9.17) is 4.74 Å². The average Bonchev–Trinajstić information content (AvgIpc) is 2.98. The van der Waals surface area contributed by atoms with Crippen molar-refractivity contribution in [2.75, 3.05) is 7.11 Å². The van der Waals surface area contributed by atoms with Crippen LogP contribution in [0.4, 0.5) is 0 Å². The maximum absolute atomic E-state index is 5.17. The Hall–Kier alpha value is -2.69. The maximum atomic E-state index is 5.17. The molecule has 0 spiro atoms. The summed E-state index contributed by atoms with van der Waals surface area (Å²) in [5.41, 5.74) is 3.00. The van der Waals surface area contributed by atoms with Crippen LogP contribution in [0.3, 0.4) is 0 Å². The molecule has 0 saturated carbocycles. The molecule has 0 unspecified atom stereocenters. The fourth-order valence-electron chi connectivity index (χ4n) is 2.02. The zero-order valence-electron chi connectivity index (χ0n) is 11.3. The van der Waals surface area contributed by atoms with Gasteiger partial charge in [0, 0.05) is 35.3 Å². The summed E-state index contributed by atoms with van der Waals surface area (Å²) in [6.45, 7) is 1.97. The second-order valence-electron chi connectivity index (χ2n) is 4.41. The van der Waals surface area contributed by atoms with Gasteiger partial charge in [-0.25, -0.2) is 14.6 Å². The van der Waals surface area contributed by atoms with Crippen molar-refractivity contribution in [3.05, 3.63) is 54.6 Å². The van der Waals surface area contributed by atoms with E-state index in [9.17, 15) is 0 Å². The van der Waals surface area contributed by atoms with E-state index in [0.29, 0.717) is 5.88 Å². The number of aromatic nitrogens is 4. The molecule has 0 radical (unpaired) electrons. The molecule has 5 nitrogen and oxygen atoms in total. The van der Waals surface area contributed by atoms with Gasteiger partial charge < -0.3 is 4.74 Å². The summed E-state index contributed by atoms with van der Waals surface area (Å²) in [7, 11) is 1.62. The molecule has 3 aromatic rings. The Morgan fingerprint density at radius 3 is 2.70 bits per heavy atom. The summed E-state index contributed by atoms with van der Waals surface area (Å²) in [5.74, 6) is 1.43. The highest BCUT2D eigenvalue weighted by Crippen LogP contribution is 2.23. The van der Waals surface area contributed by atoms with Crippen molar-refractivity contribution in [3.8, 4) is 22.8 Å². The molecule has 0 amide bonds. The fraction of sp³-hybridized carbons (Fsp3) is 0.133. The van der Waals surface area contributed by atoms with Crippen LogP contribution in [0.2, 0.25) is 0 Å². The Morgan fingerprint density at radius 2 is 2.00 bits per heavy atom. The smallest absolute Gasteiger partial charge is 0.215 e. The number of rotatable bonds is 3. The summed E-state index contributed by atoms with van der Waals surface area (Å²) in [6.07, 6.45) is 7.27. The van der Waals surface area contributed by atoms with Crippen molar-refractivity contribution in [1.29, 1.82) is 0 Å². The third kappa shape index (κ3) is 2.25. The van der Waals surface area contributed by atoms with Gasteiger partial charge in [-0.05, 0) is 25.1 Å². The Morgan fingerprint density at radius 1 is 1.10 bits per heavy atom. The molecule has 0 saturated heterocycles. The number of pyridine rings is 2. The van der Waals surface area contributed by atoms with Crippen LogP contribution in [-0.2, 0) is 0 Å². The lowest BCUT2D eigenvalue weighted by Gasteiger charge is -2.04. The summed E-state index contributed by atoms with van der Waals surface area (Å²) >= 11 is 0. The molecule has 0 aliphatic carbocycles. The monoisotopic (exact) mass is 266 g/mol. The molecule has 3 heterocycles. The predicted octanol–water partition coefficient (Wildman–Crippen LogP) is 2.65. The van der Waals surface area contributed by atoms with Crippen LogP contribution in [0.25, 0.3) is 16.9 Å². The highest BCUT2D eigenvalue weighted by Gasteiger charge is 2.07. The first-order chi connectivity index (χ1) is 9.78.